The molecule has 73 valence electrons. The van der Waals surface area contributed by atoms with E-state index in [1.54, 1.807) is 0 Å². The van der Waals surface area contributed by atoms with Crippen molar-refractivity contribution in [2.45, 2.75) is 52.1 Å². The molecular weight excluding hydrogens is 179 g/mol. The normalized spacial score (nSPS) is 16.9. The summed E-state index contributed by atoms with van der Waals surface area (Å²) in [5.41, 5.74) is 0. The van der Waals surface area contributed by atoms with Crippen LogP contribution in [0.5, 0.6) is 0 Å². The monoisotopic (exact) mass is 197 g/mol. The zero-order chi connectivity index (χ0) is 8.53. The summed E-state index contributed by atoms with van der Waals surface area (Å²) in [5, 5.41) is 8.27. The topological polar surface area (TPSA) is 29.5 Å². The summed E-state index contributed by atoms with van der Waals surface area (Å²) in [7, 11) is 0.815. The fourth-order valence-corrected chi connectivity index (χ4v) is 1.29. The Hall–Kier alpha value is 1.24. The molecule has 0 unspecified atom stereocenters. The Morgan fingerprint density at radius 3 is 2.08 bits per heavy atom. The Bertz CT molecular complexity index is 74.7. The van der Waals surface area contributed by atoms with Gasteiger partial charge in [-0.25, -0.2) is 0 Å². The van der Waals surface area contributed by atoms with E-state index < -0.39 is 0 Å². The van der Waals surface area contributed by atoms with Crippen LogP contribution in [-0.2, 0) is 4.65 Å². The molecule has 0 aromatic carbocycles. The maximum Gasteiger partial charge on any atom is 0.485 e. The average Bonchev–Trinajstić information content (AvgIpc) is 2.11. The van der Waals surface area contributed by atoms with Crippen molar-refractivity contribution < 1.29 is 47.4 Å². The van der Waals surface area contributed by atoms with Crippen LogP contribution in [0.2, 0.25) is 0 Å². The third-order valence-corrected chi connectivity index (χ3v) is 1.81. The summed E-state index contributed by atoms with van der Waals surface area (Å²) >= 11 is 0. The Kier molecular flexibility index (Phi) is 16.0. The quantitative estimate of drug-likeness (QED) is 0.684. The average molecular weight is 197 g/mol. The molecule has 0 aromatic heterocycles. The van der Waals surface area contributed by atoms with Gasteiger partial charge in [-0.05, 0) is 12.8 Å². The van der Waals surface area contributed by atoms with Crippen molar-refractivity contribution in [3.63, 3.8) is 0 Å². The molecule has 0 spiro atoms. The van der Waals surface area contributed by atoms with E-state index in [9.17, 15) is 0 Å². The second kappa shape index (κ2) is 12.2. The largest absolute Gasteiger partial charge is 0.485 e. The van der Waals surface area contributed by atoms with E-state index in [0.717, 1.165) is 20.5 Å². The van der Waals surface area contributed by atoms with Gasteiger partial charge < -0.3 is 9.68 Å². The van der Waals surface area contributed by atoms with Gasteiger partial charge in [0.05, 0.1) is 0 Å². The Labute approximate surface area is 106 Å². The minimum absolute atomic E-state index is 0. The van der Waals surface area contributed by atoms with Crippen LogP contribution in [0, 0.1) is 37.7 Å². The molecule has 1 fully saturated rings. The molecule has 1 aliphatic carbocycles. The van der Waals surface area contributed by atoms with Gasteiger partial charge >= 0.3 is 7.69 Å². The molecule has 0 heterocycles. The van der Waals surface area contributed by atoms with E-state index in [1.807, 2.05) is 13.8 Å². The third kappa shape index (κ3) is 7.87. The molecule has 0 aromatic rings. The van der Waals surface area contributed by atoms with Crippen molar-refractivity contribution in [3.8, 4) is 0 Å². The van der Waals surface area contributed by atoms with E-state index >= 15 is 0 Å². The first-order chi connectivity index (χ1) is 5.43. The fourth-order valence-electron chi connectivity index (χ4n) is 1.29. The van der Waals surface area contributed by atoms with Crippen molar-refractivity contribution >= 4 is 7.69 Å². The first-order valence-electron chi connectivity index (χ1n) is 4.55. The van der Waals surface area contributed by atoms with Crippen molar-refractivity contribution in [1.29, 1.82) is 0 Å². The summed E-state index contributed by atoms with van der Waals surface area (Å²) in [6, 6.07) is 0. The SMILES string of the molecule is CC.O[B]OC1CCCCC1.[Ar]. The van der Waals surface area contributed by atoms with E-state index in [2.05, 4.69) is 0 Å². The first kappa shape index (κ1) is 15.7. The second-order valence-electron chi connectivity index (χ2n) is 2.50. The van der Waals surface area contributed by atoms with Gasteiger partial charge in [-0.15, -0.1) is 0 Å². The van der Waals surface area contributed by atoms with Crippen LogP contribution >= 0.6 is 0 Å². The molecule has 1 radical (unpaired) electrons. The van der Waals surface area contributed by atoms with Crippen LogP contribution in [0.4, 0.5) is 0 Å². The van der Waals surface area contributed by atoms with Gasteiger partial charge in [0.25, 0.3) is 0 Å². The van der Waals surface area contributed by atoms with Gasteiger partial charge in [0.1, 0.15) is 0 Å². The van der Waals surface area contributed by atoms with Crippen LogP contribution in [-0.4, -0.2) is 18.8 Å². The summed E-state index contributed by atoms with van der Waals surface area (Å²) in [6.07, 6.45) is 6.33. The van der Waals surface area contributed by atoms with Gasteiger partial charge in [0, 0.05) is 43.8 Å². The molecule has 0 amide bonds. The summed E-state index contributed by atoms with van der Waals surface area (Å²) in [4.78, 5) is 0. The third-order valence-electron chi connectivity index (χ3n) is 1.81. The standard InChI is InChI=1S/C6H12BO2.C2H6.Ar/c8-7-9-6-4-2-1-3-5-6;1-2;/h6,8H,1-5H2;1-2H3;. The van der Waals surface area contributed by atoms with Crippen LogP contribution < -0.4 is 0 Å². The summed E-state index contributed by atoms with van der Waals surface area (Å²) < 4.78 is 4.91. The zero-order valence-corrected chi connectivity index (χ0v) is 8.61. The number of rotatable bonds is 2. The van der Waals surface area contributed by atoms with E-state index in [4.69, 9.17) is 9.68 Å². The van der Waals surface area contributed by atoms with Crippen molar-refractivity contribution in [3.05, 3.63) is 0 Å². The van der Waals surface area contributed by atoms with Crippen molar-refractivity contribution in [2.75, 3.05) is 0 Å². The Morgan fingerprint density at radius 2 is 1.67 bits per heavy atom. The first-order valence-corrected chi connectivity index (χ1v) is 4.55. The predicted molar refractivity (Wildman–Crippen MR) is 47.3 cm³/mol. The van der Waals surface area contributed by atoms with Gasteiger partial charge in [-0.2, -0.15) is 0 Å². The van der Waals surface area contributed by atoms with E-state index in [0.29, 0.717) is 6.10 Å². The van der Waals surface area contributed by atoms with Gasteiger partial charge in [0.15, 0.2) is 0 Å². The van der Waals surface area contributed by atoms with Crippen molar-refractivity contribution in [2.24, 2.45) is 0 Å². The van der Waals surface area contributed by atoms with Crippen LogP contribution in [0.15, 0.2) is 0 Å². The molecule has 1 rings (SSSR count). The van der Waals surface area contributed by atoms with E-state index in [-0.39, 0.29) is 37.7 Å². The van der Waals surface area contributed by atoms with Crippen LogP contribution in [0.3, 0.4) is 0 Å². The smallest absolute Gasteiger partial charge is 0.429 e. The maximum absolute atomic E-state index is 8.27. The molecule has 0 atom stereocenters. The van der Waals surface area contributed by atoms with Gasteiger partial charge in [-0.3, -0.25) is 0 Å². The summed E-state index contributed by atoms with van der Waals surface area (Å²) in [5.74, 6) is 0. The van der Waals surface area contributed by atoms with E-state index in [1.165, 1.54) is 19.3 Å². The second-order valence-corrected chi connectivity index (χ2v) is 2.50. The number of hydrogen-bond acceptors (Lipinski definition) is 2. The predicted octanol–water partition coefficient (Wildman–Crippen LogP) is 1.89. The van der Waals surface area contributed by atoms with Crippen LogP contribution in [0.25, 0.3) is 0 Å². The molecular formula is C8H18ArBO2. The molecule has 1 aliphatic rings. The molecule has 1 saturated carbocycles. The van der Waals surface area contributed by atoms with Gasteiger partial charge in [-0.1, -0.05) is 33.1 Å². The van der Waals surface area contributed by atoms with Gasteiger partial charge in [0.2, 0.25) is 0 Å². The molecule has 0 bridgehead atoms. The fraction of sp³-hybridized carbons (Fsp3) is 1.00. The number of hydrogen-bond donors (Lipinski definition) is 1. The Morgan fingerprint density at radius 1 is 1.17 bits per heavy atom. The molecule has 0 saturated heterocycles. The minimum Gasteiger partial charge on any atom is -0.429 e. The molecule has 1 N–H and O–H groups in total. The minimum atomic E-state index is 0. The van der Waals surface area contributed by atoms with Crippen molar-refractivity contribution in [1.82, 2.24) is 0 Å². The zero-order valence-electron chi connectivity index (χ0n) is 7.90. The molecule has 4 heteroatoms. The van der Waals surface area contributed by atoms with Crippen LogP contribution in [0.1, 0.15) is 46.0 Å². The molecule has 0 aliphatic heterocycles. The molecule has 2 nitrogen and oxygen atoms in total. The summed E-state index contributed by atoms with van der Waals surface area (Å²) in [6.45, 7) is 4.00. The Balaban J connectivity index is 0. The molecule has 12 heavy (non-hydrogen) atoms. The maximum atomic E-state index is 8.27.